The van der Waals surface area contributed by atoms with Gasteiger partial charge in [-0.25, -0.2) is 0 Å². The predicted molar refractivity (Wildman–Crippen MR) is 127 cm³/mol. The Bertz CT molecular complexity index is 1110. The summed E-state index contributed by atoms with van der Waals surface area (Å²) in [5.74, 6) is 1.06. The zero-order chi connectivity index (χ0) is 22.5. The molecule has 0 spiro atoms. The second kappa shape index (κ2) is 9.78. The van der Waals surface area contributed by atoms with E-state index in [-0.39, 0.29) is 17.1 Å². The summed E-state index contributed by atoms with van der Waals surface area (Å²) in [6.45, 7) is 4.86. The first-order valence-electron chi connectivity index (χ1n) is 10.3. The molecule has 2 N–H and O–H groups in total. The van der Waals surface area contributed by atoms with Crippen LogP contribution in [0, 0.1) is 6.92 Å². The van der Waals surface area contributed by atoms with Gasteiger partial charge >= 0.3 is 0 Å². The number of rotatable bonds is 6. The average molecular weight is 449 g/mol. The molecule has 3 aromatic rings. The summed E-state index contributed by atoms with van der Waals surface area (Å²) < 4.78 is 11.1. The van der Waals surface area contributed by atoms with E-state index in [0.717, 1.165) is 10.5 Å². The van der Waals surface area contributed by atoms with Crippen molar-refractivity contribution in [1.29, 1.82) is 0 Å². The quantitative estimate of drug-likeness (QED) is 0.511. The van der Waals surface area contributed by atoms with E-state index in [0.29, 0.717) is 41.7 Å². The van der Waals surface area contributed by atoms with Gasteiger partial charge < -0.3 is 20.1 Å². The molecule has 1 heterocycles. The summed E-state index contributed by atoms with van der Waals surface area (Å²) in [4.78, 5) is 25.9. The Balaban J connectivity index is 1.32. The number of nitrogens with one attached hydrogen (secondary N) is 2. The SMILES string of the molecule is Cc1ccc(C(=O)Nc2ccc(SC(C)C(=O)Nc3ccc4c(c3)OCCO4)cc2)cc1. The number of carbonyl (C=O) groups excluding carboxylic acids is 2. The van der Waals surface area contributed by atoms with Crippen LogP contribution in [0.1, 0.15) is 22.8 Å². The zero-order valence-electron chi connectivity index (χ0n) is 17.9. The van der Waals surface area contributed by atoms with Crippen LogP contribution in [0.15, 0.2) is 71.6 Å². The summed E-state index contributed by atoms with van der Waals surface area (Å²) in [6, 6.07) is 20.2. The van der Waals surface area contributed by atoms with E-state index in [1.807, 2.05) is 50.2 Å². The second-order valence-corrected chi connectivity index (χ2v) is 8.87. The predicted octanol–water partition coefficient (Wildman–Crippen LogP) is 5.14. The van der Waals surface area contributed by atoms with Crippen LogP contribution in [0.5, 0.6) is 11.5 Å². The van der Waals surface area contributed by atoms with E-state index < -0.39 is 0 Å². The van der Waals surface area contributed by atoms with Gasteiger partial charge in [-0.3, -0.25) is 9.59 Å². The van der Waals surface area contributed by atoms with E-state index in [1.54, 1.807) is 30.3 Å². The fraction of sp³-hybridized carbons (Fsp3) is 0.200. The lowest BCUT2D eigenvalue weighted by Gasteiger charge is -2.19. The smallest absolute Gasteiger partial charge is 0.255 e. The lowest BCUT2D eigenvalue weighted by atomic mass is 10.1. The van der Waals surface area contributed by atoms with Crippen molar-refractivity contribution in [1.82, 2.24) is 0 Å². The van der Waals surface area contributed by atoms with Crippen molar-refractivity contribution in [3.05, 3.63) is 77.9 Å². The maximum absolute atomic E-state index is 12.6. The number of carbonyl (C=O) groups is 2. The van der Waals surface area contributed by atoms with Crippen molar-refractivity contribution in [2.45, 2.75) is 24.0 Å². The van der Waals surface area contributed by atoms with Gasteiger partial charge in [-0.1, -0.05) is 17.7 Å². The summed E-state index contributed by atoms with van der Waals surface area (Å²) >= 11 is 1.44. The average Bonchev–Trinajstić information content (AvgIpc) is 2.80. The zero-order valence-corrected chi connectivity index (χ0v) is 18.7. The molecule has 0 aliphatic carbocycles. The molecule has 0 saturated carbocycles. The fourth-order valence-corrected chi connectivity index (χ4v) is 4.02. The Hall–Kier alpha value is -3.45. The number of hydrogen-bond donors (Lipinski definition) is 2. The molecule has 2 amide bonds. The molecule has 1 unspecified atom stereocenters. The van der Waals surface area contributed by atoms with Crippen LogP contribution >= 0.6 is 11.8 Å². The monoisotopic (exact) mass is 448 g/mol. The minimum Gasteiger partial charge on any atom is -0.486 e. The van der Waals surface area contributed by atoms with Gasteiger partial charge in [0.1, 0.15) is 13.2 Å². The third kappa shape index (κ3) is 5.42. The van der Waals surface area contributed by atoms with Gasteiger partial charge in [0, 0.05) is 27.9 Å². The largest absolute Gasteiger partial charge is 0.486 e. The molecule has 164 valence electrons. The molecule has 0 saturated heterocycles. The van der Waals surface area contributed by atoms with Crippen LogP contribution in [0.2, 0.25) is 0 Å². The van der Waals surface area contributed by atoms with Crippen molar-refractivity contribution < 1.29 is 19.1 Å². The molecule has 0 bridgehead atoms. The summed E-state index contributed by atoms with van der Waals surface area (Å²) in [6.07, 6.45) is 0. The molecule has 3 aromatic carbocycles. The Morgan fingerprint density at radius 3 is 2.22 bits per heavy atom. The van der Waals surface area contributed by atoms with Gasteiger partial charge in [-0.15, -0.1) is 11.8 Å². The Kier molecular flexibility index (Phi) is 6.66. The lowest BCUT2D eigenvalue weighted by Crippen LogP contribution is -2.22. The van der Waals surface area contributed by atoms with E-state index in [2.05, 4.69) is 10.6 Å². The fourth-order valence-electron chi connectivity index (χ4n) is 3.15. The molecule has 1 aliphatic rings. The molecule has 4 rings (SSSR count). The van der Waals surface area contributed by atoms with Crippen LogP contribution in [-0.2, 0) is 4.79 Å². The van der Waals surface area contributed by atoms with Crippen molar-refractivity contribution in [2.75, 3.05) is 23.8 Å². The van der Waals surface area contributed by atoms with Gasteiger partial charge in [-0.05, 0) is 62.4 Å². The van der Waals surface area contributed by atoms with Crippen molar-refractivity contribution in [2.24, 2.45) is 0 Å². The molecular formula is C25H24N2O4S. The minimum atomic E-state index is -0.309. The highest BCUT2D eigenvalue weighted by atomic mass is 32.2. The third-order valence-corrected chi connectivity index (χ3v) is 6.03. The third-order valence-electron chi connectivity index (χ3n) is 4.92. The molecule has 1 aliphatic heterocycles. The van der Waals surface area contributed by atoms with E-state index in [4.69, 9.17) is 9.47 Å². The number of ether oxygens (including phenoxy) is 2. The highest BCUT2D eigenvalue weighted by Gasteiger charge is 2.17. The maximum Gasteiger partial charge on any atom is 0.255 e. The molecule has 32 heavy (non-hydrogen) atoms. The van der Waals surface area contributed by atoms with Gasteiger partial charge in [0.15, 0.2) is 11.5 Å². The van der Waals surface area contributed by atoms with Crippen LogP contribution in [0.4, 0.5) is 11.4 Å². The molecule has 1 atom stereocenters. The van der Waals surface area contributed by atoms with Crippen LogP contribution in [0.3, 0.4) is 0 Å². The normalized spacial score (nSPS) is 13.2. The highest BCUT2D eigenvalue weighted by Crippen LogP contribution is 2.33. The van der Waals surface area contributed by atoms with Crippen molar-refractivity contribution in [3.63, 3.8) is 0 Å². The van der Waals surface area contributed by atoms with E-state index in [1.165, 1.54) is 11.8 Å². The molecular weight excluding hydrogens is 424 g/mol. The number of aryl methyl sites for hydroxylation is 1. The number of amides is 2. The van der Waals surface area contributed by atoms with Crippen LogP contribution in [0.25, 0.3) is 0 Å². The Morgan fingerprint density at radius 1 is 0.844 bits per heavy atom. The Labute approximate surface area is 191 Å². The first-order chi connectivity index (χ1) is 15.5. The first-order valence-corrected chi connectivity index (χ1v) is 11.2. The van der Waals surface area contributed by atoms with Gasteiger partial charge in [0.05, 0.1) is 5.25 Å². The number of benzene rings is 3. The first kappa shape index (κ1) is 21.8. The summed E-state index contributed by atoms with van der Waals surface area (Å²) in [5.41, 5.74) is 3.09. The van der Waals surface area contributed by atoms with Gasteiger partial charge in [0.2, 0.25) is 5.91 Å². The minimum absolute atomic E-state index is 0.108. The van der Waals surface area contributed by atoms with Crippen LogP contribution in [-0.4, -0.2) is 30.3 Å². The van der Waals surface area contributed by atoms with Crippen LogP contribution < -0.4 is 20.1 Å². The standard InChI is InChI=1S/C25H24N2O4S/c1-16-3-5-18(6-4-16)25(29)26-19-7-10-21(11-8-19)32-17(2)24(28)27-20-9-12-22-23(15-20)31-14-13-30-22/h3-12,15,17H,13-14H2,1-2H3,(H,26,29)(H,27,28). The number of hydrogen-bond acceptors (Lipinski definition) is 5. The number of anilines is 2. The van der Waals surface area contributed by atoms with Gasteiger partial charge in [0.25, 0.3) is 5.91 Å². The highest BCUT2D eigenvalue weighted by molar-refractivity contribution is 8.00. The number of fused-ring (bicyclic) bond motifs is 1. The second-order valence-electron chi connectivity index (χ2n) is 7.45. The number of thioether (sulfide) groups is 1. The van der Waals surface area contributed by atoms with Crippen molar-refractivity contribution in [3.8, 4) is 11.5 Å². The Morgan fingerprint density at radius 2 is 1.50 bits per heavy atom. The van der Waals surface area contributed by atoms with Crippen molar-refractivity contribution >= 4 is 35.0 Å². The molecule has 6 nitrogen and oxygen atoms in total. The van der Waals surface area contributed by atoms with Gasteiger partial charge in [-0.2, -0.15) is 0 Å². The molecule has 0 fully saturated rings. The summed E-state index contributed by atoms with van der Waals surface area (Å²) in [5, 5.41) is 5.50. The molecule has 7 heteroatoms. The topological polar surface area (TPSA) is 76.7 Å². The van der Waals surface area contributed by atoms with E-state index in [9.17, 15) is 9.59 Å². The molecule has 0 radical (unpaired) electrons. The van der Waals surface area contributed by atoms with E-state index >= 15 is 0 Å². The summed E-state index contributed by atoms with van der Waals surface area (Å²) in [7, 11) is 0. The maximum atomic E-state index is 12.6. The lowest BCUT2D eigenvalue weighted by molar-refractivity contribution is -0.115. The molecule has 0 aromatic heterocycles.